The summed E-state index contributed by atoms with van der Waals surface area (Å²) in [5.74, 6) is 0.0716. The number of ether oxygens (including phenoxy) is 1. The number of carbonyl (C=O) groups is 1. The lowest BCUT2D eigenvalue weighted by atomic mass is 10.2. The summed E-state index contributed by atoms with van der Waals surface area (Å²) in [6.45, 7) is 2.71. The van der Waals surface area contributed by atoms with Gasteiger partial charge in [-0.05, 0) is 48.9 Å². The van der Waals surface area contributed by atoms with E-state index < -0.39 is 5.82 Å². The molecule has 2 N–H and O–H groups in total. The fraction of sp³-hybridized carbons (Fsp3) is 0.158. The molecule has 3 rings (SSSR count). The summed E-state index contributed by atoms with van der Waals surface area (Å²) in [5, 5.41) is 5.49. The molecule has 0 bridgehead atoms. The number of carbonyl (C=O) groups excluding carboxylic acids is 1. The Balaban J connectivity index is 1.50. The Kier molecular flexibility index (Phi) is 5.80. The van der Waals surface area contributed by atoms with Gasteiger partial charge in [-0.1, -0.05) is 6.07 Å². The summed E-state index contributed by atoms with van der Waals surface area (Å²) < 4.78 is 19.6. The van der Waals surface area contributed by atoms with Crippen LogP contribution in [0.5, 0.6) is 11.5 Å². The van der Waals surface area contributed by atoms with Gasteiger partial charge in [0.15, 0.2) is 11.6 Å². The maximum Gasteiger partial charge on any atom is 0.315 e. The first-order chi connectivity index (χ1) is 12.6. The second-order valence-corrected chi connectivity index (χ2v) is 6.98. The predicted molar refractivity (Wildman–Crippen MR) is 98.8 cm³/mol. The minimum atomic E-state index is -0.498. The van der Waals surface area contributed by atoms with Crippen molar-refractivity contribution in [2.45, 2.75) is 20.0 Å². The molecule has 0 atom stereocenters. The molecule has 3 aromatic rings. The fourth-order valence-electron chi connectivity index (χ4n) is 2.26. The summed E-state index contributed by atoms with van der Waals surface area (Å²) >= 11 is 1.64. The Bertz CT molecular complexity index is 884. The summed E-state index contributed by atoms with van der Waals surface area (Å²) in [6.07, 6.45) is 3.12. The van der Waals surface area contributed by atoms with Gasteiger partial charge in [0.2, 0.25) is 0 Å². The van der Waals surface area contributed by atoms with E-state index in [9.17, 15) is 9.18 Å². The zero-order valence-corrected chi connectivity index (χ0v) is 15.0. The standard InChI is InChI=1S/C19H18FN3O2S/c1-13-4-6-16(26-13)12-23-19(24)22-10-14-5-7-18(17(20)9-14)25-15-3-2-8-21-11-15/h2-9,11H,10,12H2,1H3,(H2,22,23,24). The molecule has 0 fully saturated rings. The monoisotopic (exact) mass is 371 g/mol. The molecular weight excluding hydrogens is 353 g/mol. The van der Waals surface area contributed by atoms with E-state index >= 15 is 0 Å². The Morgan fingerprint density at radius 3 is 2.73 bits per heavy atom. The van der Waals surface area contributed by atoms with E-state index in [1.807, 2.05) is 19.1 Å². The first kappa shape index (κ1) is 17.9. The van der Waals surface area contributed by atoms with Crippen molar-refractivity contribution in [3.05, 3.63) is 76.0 Å². The van der Waals surface area contributed by atoms with E-state index in [0.717, 1.165) is 4.88 Å². The van der Waals surface area contributed by atoms with Crippen LogP contribution < -0.4 is 15.4 Å². The molecular formula is C19H18FN3O2S. The highest BCUT2D eigenvalue weighted by molar-refractivity contribution is 7.11. The first-order valence-corrected chi connectivity index (χ1v) is 8.85. The van der Waals surface area contributed by atoms with Crippen molar-refractivity contribution in [3.8, 4) is 11.5 Å². The van der Waals surface area contributed by atoms with Gasteiger partial charge in [-0.2, -0.15) is 0 Å². The maximum absolute atomic E-state index is 14.2. The number of hydrogen-bond acceptors (Lipinski definition) is 4. The van der Waals surface area contributed by atoms with Crippen molar-refractivity contribution in [2.24, 2.45) is 0 Å². The second kappa shape index (κ2) is 8.44. The third-order valence-electron chi connectivity index (χ3n) is 3.53. The second-order valence-electron chi connectivity index (χ2n) is 5.60. The minimum absolute atomic E-state index is 0.110. The van der Waals surface area contributed by atoms with Crippen molar-refractivity contribution in [2.75, 3.05) is 0 Å². The summed E-state index contributed by atoms with van der Waals surface area (Å²) in [6, 6.07) is 11.7. The van der Waals surface area contributed by atoms with Crippen molar-refractivity contribution < 1.29 is 13.9 Å². The zero-order chi connectivity index (χ0) is 18.4. The Morgan fingerprint density at radius 2 is 2.04 bits per heavy atom. The Morgan fingerprint density at radius 1 is 1.19 bits per heavy atom. The third kappa shape index (κ3) is 5.03. The van der Waals surface area contributed by atoms with Crippen LogP contribution in [0.1, 0.15) is 15.3 Å². The van der Waals surface area contributed by atoms with Crippen LogP contribution in [0.25, 0.3) is 0 Å². The number of amides is 2. The van der Waals surface area contributed by atoms with Gasteiger partial charge in [-0.3, -0.25) is 4.98 Å². The van der Waals surface area contributed by atoms with Crippen LogP contribution >= 0.6 is 11.3 Å². The minimum Gasteiger partial charge on any atom is -0.453 e. The van der Waals surface area contributed by atoms with Gasteiger partial charge in [-0.25, -0.2) is 9.18 Å². The fourth-order valence-corrected chi connectivity index (χ4v) is 3.09. The average molecular weight is 371 g/mol. The molecule has 0 saturated heterocycles. The van der Waals surface area contributed by atoms with Crippen LogP contribution in [0, 0.1) is 12.7 Å². The predicted octanol–water partition coefficient (Wildman–Crippen LogP) is 4.38. The number of aromatic nitrogens is 1. The molecule has 5 nitrogen and oxygen atoms in total. The number of urea groups is 1. The van der Waals surface area contributed by atoms with Gasteiger partial charge in [0, 0.05) is 22.5 Å². The average Bonchev–Trinajstić information content (AvgIpc) is 3.06. The number of halogens is 1. The van der Waals surface area contributed by atoms with Gasteiger partial charge in [0.1, 0.15) is 5.75 Å². The van der Waals surface area contributed by atoms with Crippen molar-refractivity contribution in [1.82, 2.24) is 15.6 Å². The normalized spacial score (nSPS) is 10.4. The highest BCUT2D eigenvalue weighted by Crippen LogP contribution is 2.24. The van der Waals surface area contributed by atoms with Crippen molar-refractivity contribution in [3.63, 3.8) is 0 Å². The lowest BCUT2D eigenvalue weighted by Gasteiger charge is -2.09. The Labute approximate surface area is 154 Å². The first-order valence-electron chi connectivity index (χ1n) is 8.03. The van der Waals surface area contributed by atoms with Crippen LogP contribution in [0.15, 0.2) is 54.9 Å². The summed E-state index contributed by atoms with van der Waals surface area (Å²) in [7, 11) is 0. The van der Waals surface area contributed by atoms with Gasteiger partial charge in [0.25, 0.3) is 0 Å². The zero-order valence-electron chi connectivity index (χ0n) is 14.2. The Hall–Kier alpha value is -2.93. The molecule has 0 unspecified atom stereocenters. The van der Waals surface area contributed by atoms with E-state index in [0.29, 0.717) is 17.9 Å². The molecule has 7 heteroatoms. The number of thiophene rings is 1. The largest absolute Gasteiger partial charge is 0.453 e. The maximum atomic E-state index is 14.2. The number of nitrogens with one attached hydrogen (secondary N) is 2. The molecule has 0 aliphatic carbocycles. The van der Waals surface area contributed by atoms with Crippen LogP contribution in [0.3, 0.4) is 0 Å². The molecule has 0 radical (unpaired) electrons. The molecule has 0 spiro atoms. The van der Waals surface area contributed by atoms with Gasteiger partial charge >= 0.3 is 6.03 Å². The number of benzene rings is 1. The van der Waals surface area contributed by atoms with Gasteiger partial charge < -0.3 is 15.4 Å². The van der Waals surface area contributed by atoms with Crippen LogP contribution in [0.2, 0.25) is 0 Å². The van der Waals surface area contributed by atoms with E-state index in [1.165, 1.54) is 23.2 Å². The van der Waals surface area contributed by atoms with E-state index in [1.54, 1.807) is 35.7 Å². The highest BCUT2D eigenvalue weighted by Gasteiger charge is 2.08. The molecule has 2 amide bonds. The lowest BCUT2D eigenvalue weighted by Crippen LogP contribution is -2.34. The smallest absolute Gasteiger partial charge is 0.315 e. The summed E-state index contributed by atoms with van der Waals surface area (Å²) in [5.41, 5.74) is 0.642. The van der Waals surface area contributed by atoms with E-state index in [-0.39, 0.29) is 18.3 Å². The molecule has 0 aliphatic rings. The van der Waals surface area contributed by atoms with E-state index in [2.05, 4.69) is 15.6 Å². The molecule has 1 aromatic carbocycles. The molecule has 0 saturated carbocycles. The van der Waals surface area contributed by atoms with Crippen LogP contribution in [-0.4, -0.2) is 11.0 Å². The van der Waals surface area contributed by atoms with Crippen molar-refractivity contribution in [1.29, 1.82) is 0 Å². The molecule has 2 aromatic heterocycles. The summed E-state index contributed by atoms with van der Waals surface area (Å²) in [4.78, 5) is 18.0. The highest BCUT2D eigenvalue weighted by atomic mass is 32.1. The van der Waals surface area contributed by atoms with E-state index in [4.69, 9.17) is 4.74 Å². The number of hydrogen-bond donors (Lipinski definition) is 2. The van der Waals surface area contributed by atoms with Crippen LogP contribution in [-0.2, 0) is 13.1 Å². The number of aryl methyl sites for hydroxylation is 1. The lowest BCUT2D eigenvalue weighted by molar-refractivity contribution is 0.240. The molecule has 26 heavy (non-hydrogen) atoms. The quantitative estimate of drug-likeness (QED) is 0.676. The van der Waals surface area contributed by atoms with Crippen molar-refractivity contribution >= 4 is 17.4 Å². The molecule has 0 aliphatic heterocycles. The number of nitrogens with zero attached hydrogens (tertiary/aromatic N) is 1. The van der Waals surface area contributed by atoms with Gasteiger partial charge in [0.05, 0.1) is 12.7 Å². The third-order valence-corrected chi connectivity index (χ3v) is 4.53. The number of pyridine rings is 1. The van der Waals surface area contributed by atoms with Crippen LogP contribution in [0.4, 0.5) is 9.18 Å². The molecule has 2 heterocycles. The topological polar surface area (TPSA) is 63.2 Å². The van der Waals surface area contributed by atoms with Gasteiger partial charge in [-0.15, -0.1) is 11.3 Å². The SMILES string of the molecule is Cc1ccc(CNC(=O)NCc2ccc(Oc3cccnc3)c(F)c2)s1. The number of rotatable bonds is 6. The molecule has 134 valence electrons.